The monoisotopic (exact) mass is 308 g/mol. The molecule has 0 radical (unpaired) electrons. The van der Waals surface area contributed by atoms with Crippen LogP contribution < -0.4 is 4.90 Å². The molecule has 1 aromatic carbocycles. The number of carbonyl (C=O) groups excluding carboxylic acids is 2. The number of nitro benzene ring substituents is 1. The third kappa shape index (κ3) is 3.41. The van der Waals surface area contributed by atoms with Crippen LogP contribution in [0.15, 0.2) is 18.2 Å². The second-order valence-corrected chi connectivity index (χ2v) is 6.27. The topological polar surface area (TPSA) is 80.5 Å². The summed E-state index contributed by atoms with van der Waals surface area (Å²) in [5.74, 6) is 0.490. The summed E-state index contributed by atoms with van der Waals surface area (Å²) in [4.78, 5) is 35.3. The second kappa shape index (κ2) is 6.26. The molecule has 1 atom stereocenters. The molecule has 1 fully saturated rings. The standard InChI is InChI=1S/C14H16N2O4S/c1-9-4-3-5-12(16(19)20)14(9)15-7-11(6-13(15)18)8-21-10(2)17/h3-5,11H,6-8H2,1-2H3. The van der Waals surface area contributed by atoms with Gasteiger partial charge in [-0.15, -0.1) is 0 Å². The number of thioether (sulfide) groups is 1. The first kappa shape index (κ1) is 15.5. The van der Waals surface area contributed by atoms with Crippen molar-refractivity contribution >= 4 is 34.2 Å². The van der Waals surface area contributed by atoms with E-state index in [1.54, 1.807) is 19.1 Å². The fourth-order valence-electron chi connectivity index (χ4n) is 2.49. The minimum Gasteiger partial charge on any atom is -0.306 e. The maximum absolute atomic E-state index is 12.2. The molecule has 1 aromatic rings. The summed E-state index contributed by atoms with van der Waals surface area (Å²) in [7, 11) is 0. The Morgan fingerprint density at radius 2 is 2.24 bits per heavy atom. The average molecular weight is 308 g/mol. The minimum absolute atomic E-state index is 0.0165. The van der Waals surface area contributed by atoms with Crippen molar-refractivity contribution in [1.82, 2.24) is 0 Å². The normalized spacial score (nSPS) is 18.1. The van der Waals surface area contributed by atoms with Gasteiger partial charge in [-0.1, -0.05) is 23.9 Å². The lowest BCUT2D eigenvalue weighted by atomic mass is 10.1. The Morgan fingerprint density at radius 3 is 2.86 bits per heavy atom. The molecule has 1 amide bonds. The van der Waals surface area contributed by atoms with Gasteiger partial charge in [-0.25, -0.2) is 0 Å². The largest absolute Gasteiger partial charge is 0.306 e. The molecule has 1 aliphatic rings. The van der Waals surface area contributed by atoms with Gasteiger partial charge in [-0.05, 0) is 18.4 Å². The summed E-state index contributed by atoms with van der Waals surface area (Å²) in [5, 5.41) is 11.2. The van der Waals surface area contributed by atoms with Crippen LogP contribution in [0.2, 0.25) is 0 Å². The van der Waals surface area contributed by atoms with E-state index in [9.17, 15) is 19.7 Å². The molecule has 0 aliphatic carbocycles. The van der Waals surface area contributed by atoms with E-state index in [1.807, 2.05) is 0 Å². The molecule has 0 N–H and O–H groups in total. The first-order valence-corrected chi connectivity index (χ1v) is 7.56. The van der Waals surface area contributed by atoms with Crippen molar-refractivity contribution in [1.29, 1.82) is 0 Å². The smallest absolute Gasteiger partial charge is 0.293 e. The quantitative estimate of drug-likeness (QED) is 0.630. The molecule has 2 rings (SSSR count). The number of nitrogens with zero attached hydrogens (tertiary/aromatic N) is 2. The number of anilines is 1. The fourth-order valence-corrected chi connectivity index (χ4v) is 3.18. The number of amides is 1. The Hall–Kier alpha value is -1.89. The van der Waals surface area contributed by atoms with Gasteiger partial charge in [-0.3, -0.25) is 19.7 Å². The summed E-state index contributed by atoms with van der Waals surface area (Å²) in [6.07, 6.45) is 0.325. The van der Waals surface area contributed by atoms with Crippen LogP contribution in [-0.4, -0.2) is 28.2 Å². The number of aryl methyl sites for hydroxylation is 1. The Labute approximate surface area is 126 Å². The van der Waals surface area contributed by atoms with E-state index in [0.29, 0.717) is 30.0 Å². The van der Waals surface area contributed by atoms with Crippen LogP contribution in [0.1, 0.15) is 18.9 Å². The summed E-state index contributed by atoms with van der Waals surface area (Å²) < 4.78 is 0. The van der Waals surface area contributed by atoms with Crippen molar-refractivity contribution in [2.45, 2.75) is 20.3 Å². The molecule has 1 unspecified atom stereocenters. The van der Waals surface area contributed by atoms with Crippen LogP contribution in [0.5, 0.6) is 0 Å². The number of carbonyl (C=O) groups is 2. The average Bonchev–Trinajstić information content (AvgIpc) is 2.77. The molecule has 6 nitrogen and oxygen atoms in total. The van der Waals surface area contributed by atoms with E-state index >= 15 is 0 Å². The van der Waals surface area contributed by atoms with Crippen molar-refractivity contribution < 1.29 is 14.5 Å². The van der Waals surface area contributed by atoms with E-state index in [1.165, 1.54) is 29.7 Å². The van der Waals surface area contributed by atoms with Crippen molar-refractivity contribution in [3.63, 3.8) is 0 Å². The molecule has 1 aliphatic heterocycles. The van der Waals surface area contributed by atoms with Crippen LogP contribution in [-0.2, 0) is 9.59 Å². The van der Waals surface area contributed by atoms with Gasteiger partial charge < -0.3 is 4.90 Å². The number of benzene rings is 1. The van der Waals surface area contributed by atoms with Gasteiger partial charge in [0.1, 0.15) is 5.69 Å². The van der Waals surface area contributed by atoms with E-state index in [0.717, 1.165) is 0 Å². The van der Waals surface area contributed by atoms with Gasteiger partial charge in [0.05, 0.1) is 4.92 Å². The van der Waals surface area contributed by atoms with Crippen LogP contribution >= 0.6 is 11.8 Å². The third-order valence-electron chi connectivity index (χ3n) is 3.41. The van der Waals surface area contributed by atoms with Crippen LogP contribution in [0.3, 0.4) is 0 Å². The van der Waals surface area contributed by atoms with Gasteiger partial charge in [0.2, 0.25) is 5.91 Å². The molecular formula is C14H16N2O4S. The Balaban J connectivity index is 2.25. The molecule has 7 heteroatoms. The van der Waals surface area contributed by atoms with E-state index in [2.05, 4.69) is 0 Å². The molecule has 0 aromatic heterocycles. The zero-order chi connectivity index (χ0) is 15.6. The molecule has 0 saturated carbocycles. The van der Waals surface area contributed by atoms with Crippen LogP contribution in [0.4, 0.5) is 11.4 Å². The van der Waals surface area contributed by atoms with Gasteiger partial charge >= 0.3 is 0 Å². The minimum atomic E-state index is -0.465. The van der Waals surface area contributed by atoms with E-state index in [-0.39, 0.29) is 22.6 Å². The van der Waals surface area contributed by atoms with E-state index in [4.69, 9.17) is 0 Å². The summed E-state index contributed by atoms with van der Waals surface area (Å²) in [6.45, 7) is 3.67. The lowest BCUT2D eigenvalue weighted by Gasteiger charge is -2.18. The first-order valence-electron chi connectivity index (χ1n) is 6.58. The van der Waals surface area contributed by atoms with Gasteiger partial charge in [0.25, 0.3) is 5.69 Å². The Kier molecular flexibility index (Phi) is 4.62. The Morgan fingerprint density at radius 1 is 1.52 bits per heavy atom. The van der Waals surface area contributed by atoms with E-state index < -0.39 is 4.92 Å². The molecule has 0 bridgehead atoms. The summed E-state index contributed by atoms with van der Waals surface area (Å²) in [6, 6.07) is 4.78. The van der Waals surface area contributed by atoms with Crippen molar-refractivity contribution in [3.8, 4) is 0 Å². The number of hydrogen-bond acceptors (Lipinski definition) is 5. The van der Waals surface area contributed by atoms with Crippen molar-refractivity contribution in [2.75, 3.05) is 17.2 Å². The number of para-hydroxylation sites is 1. The number of hydrogen-bond donors (Lipinski definition) is 0. The molecule has 112 valence electrons. The lowest BCUT2D eigenvalue weighted by Crippen LogP contribution is -2.26. The predicted molar refractivity (Wildman–Crippen MR) is 81.4 cm³/mol. The lowest BCUT2D eigenvalue weighted by molar-refractivity contribution is -0.384. The SMILES string of the molecule is CC(=O)SCC1CC(=O)N(c2c(C)cccc2[N+](=O)[O-])C1. The summed E-state index contributed by atoms with van der Waals surface area (Å²) in [5.41, 5.74) is 1.03. The van der Waals surface area contributed by atoms with Gasteiger partial charge in [0, 0.05) is 31.7 Å². The third-order valence-corrected chi connectivity index (χ3v) is 4.46. The van der Waals surface area contributed by atoms with Crippen molar-refractivity contribution in [2.24, 2.45) is 5.92 Å². The van der Waals surface area contributed by atoms with Gasteiger partial charge in [0.15, 0.2) is 5.12 Å². The summed E-state index contributed by atoms with van der Waals surface area (Å²) >= 11 is 1.19. The molecule has 0 spiro atoms. The second-order valence-electron chi connectivity index (χ2n) is 5.08. The molecular weight excluding hydrogens is 292 g/mol. The Bertz CT molecular complexity index is 603. The zero-order valence-corrected chi connectivity index (χ0v) is 12.7. The molecule has 1 heterocycles. The van der Waals surface area contributed by atoms with Crippen LogP contribution in [0.25, 0.3) is 0 Å². The van der Waals surface area contributed by atoms with Crippen molar-refractivity contribution in [3.05, 3.63) is 33.9 Å². The highest BCUT2D eigenvalue weighted by Gasteiger charge is 2.35. The highest BCUT2D eigenvalue weighted by molar-refractivity contribution is 8.13. The highest BCUT2D eigenvalue weighted by atomic mass is 32.2. The van der Waals surface area contributed by atoms with Crippen LogP contribution in [0, 0.1) is 23.0 Å². The number of nitro groups is 1. The maximum Gasteiger partial charge on any atom is 0.293 e. The fraction of sp³-hybridized carbons (Fsp3) is 0.429. The predicted octanol–water partition coefficient (Wildman–Crippen LogP) is 2.54. The molecule has 1 saturated heterocycles. The highest BCUT2D eigenvalue weighted by Crippen LogP contribution is 2.36. The maximum atomic E-state index is 12.2. The zero-order valence-electron chi connectivity index (χ0n) is 11.9. The first-order chi connectivity index (χ1) is 9.90. The molecule has 21 heavy (non-hydrogen) atoms. The van der Waals surface area contributed by atoms with Gasteiger partial charge in [-0.2, -0.15) is 0 Å². The number of rotatable bonds is 4.